The second kappa shape index (κ2) is 7.70. The summed E-state index contributed by atoms with van der Waals surface area (Å²) in [5.41, 5.74) is 2.13. The number of carbonyl (C=O) groups excluding carboxylic acids is 1. The molecule has 0 aliphatic carbocycles. The molecule has 144 valence electrons. The largest absolute Gasteiger partial charge is 0.496 e. The Kier molecular flexibility index (Phi) is 5.71. The van der Waals surface area contributed by atoms with Crippen LogP contribution in [0.5, 0.6) is 5.75 Å². The first kappa shape index (κ1) is 20.0. The van der Waals surface area contributed by atoms with E-state index in [0.29, 0.717) is 23.1 Å². The van der Waals surface area contributed by atoms with Gasteiger partial charge in [-0.1, -0.05) is 35.3 Å². The van der Waals surface area contributed by atoms with Gasteiger partial charge in [0.25, 0.3) is 0 Å². The zero-order valence-electron chi connectivity index (χ0n) is 16.1. The van der Waals surface area contributed by atoms with Gasteiger partial charge in [-0.3, -0.25) is 4.79 Å². The molecule has 0 bridgehead atoms. The van der Waals surface area contributed by atoms with Crippen LogP contribution >= 0.6 is 23.2 Å². The van der Waals surface area contributed by atoms with E-state index in [1.54, 1.807) is 20.1 Å². The highest BCUT2D eigenvalue weighted by Crippen LogP contribution is 2.44. The minimum atomic E-state index is -0.831. The number of methoxy groups -OCH3 is 1. The Balaban J connectivity index is 2.26. The summed E-state index contributed by atoms with van der Waals surface area (Å²) >= 11 is 12.4. The van der Waals surface area contributed by atoms with Gasteiger partial charge in [-0.15, -0.1) is 0 Å². The van der Waals surface area contributed by atoms with Crippen molar-refractivity contribution in [2.24, 2.45) is 0 Å². The predicted molar refractivity (Wildman–Crippen MR) is 111 cm³/mol. The molecule has 4 nitrogen and oxygen atoms in total. The van der Waals surface area contributed by atoms with Crippen LogP contribution in [-0.2, 0) is 16.8 Å². The van der Waals surface area contributed by atoms with E-state index in [9.17, 15) is 4.79 Å². The van der Waals surface area contributed by atoms with Crippen molar-refractivity contribution in [2.75, 3.05) is 39.2 Å². The molecule has 2 aromatic rings. The predicted octanol–water partition coefficient (Wildman–Crippen LogP) is 4.41. The first-order valence-corrected chi connectivity index (χ1v) is 9.61. The molecule has 0 spiro atoms. The second-order valence-corrected chi connectivity index (χ2v) is 7.96. The van der Waals surface area contributed by atoms with Crippen molar-refractivity contribution in [1.82, 2.24) is 4.90 Å². The highest BCUT2D eigenvalue weighted by molar-refractivity contribution is 6.42. The number of rotatable bonds is 5. The van der Waals surface area contributed by atoms with Crippen molar-refractivity contribution in [1.29, 1.82) is 0 Å². The Morgan fingerprint density at radius 1 is 1.22 bits per heavy atom. The second-order valence-electron chi connectivity index (χ2n) is 7.14. The third-order valence-electron chi connectivity index (χ3n) is 5.19. The van der Waals surface area contributed by atoms with Gasteiger partial charge in [-0.25, -0.2) is 0 Å². The van der Waals surface area contributed by atoms with Crippen LogP contribution < -0.4 is 9.64 Å². The van der Waals surface area contributed by atoms with Gasteiger partial charge in [0, 0.05) is 24.3 Å². The van der Waals surface area contributed by atoms with Crippen molar-refractivity contribution in [3.05, 3.63) is 57.6 Å². The Morgan fingerprint density at radius 2 is 1.96 bits per heavy atom. The van der Waals surface area contributed by atoms with Gasteiger partial charge in [0.2, 0.25) is 0 Å². The monoisotopic (exact) mass is 406 g/mol. The van der Waals surface area contributed by atoms with Crippen molar-refractivity contribution in [3.63, 3.8) is 0 Å². The molecule has 1 aliphatic rings. The molecule has 0 saturated heterocycles. The lowest BCUT2D eigenvalue weighted by atomic mass is 9.76. The molecule has 0 amide bonds. The minimum Gasteiger partial charge on any atom is -0.496 e. The Bertz CT molecular complexity index is 869. The molecular weight excluding hydrogens is 383 g/mol. The number of nitrogens with zero attached hydrogens (tertiary/aromatic N) is 2. The number of halogens is 2. The molecule has 27 heavy (non-hydrogen) atoms. The van der Waals surface area contributed by atoms with Gasteiger partial charge in [-0.2, -0.15) is 0 Å². The molecule has 1 aliphatic heterocycles. The van der Waals surface area contributed by atoms with Crippen molar-refractivity contribution in [2.45, 2.75) is 18.9 Å². The minimum absolute atomic E-state index is 0.0801. The van der Waals surface area contributed by atoms with E-state index >= 15 is 0 Å². The lowest BCUT2D eigenvalue weighted by Gasteiger charge is -2.49. The summed E-state index contributed by atoms with van der Waals surface area (Å²) < 4.78 is 5.58. The van der Waals surface area contributed by atoms with Crippen LogP contribution in [0.3, 0.4) is 0 Å². The number of Topliss-reactive ketones (excluding diaryl/α,β-unsaturated/α-hetero) is 1. The zero-order chi connectivity index (χ0) is 19.8. The number of hydrogen-bond donors (Lipinski definition) is 0. The van der Waals surface area contributed by atoms with Crippen LogP contribution in [0.15, 0.2) is 36.4 Å². The van der Waals surface area contributed by atoms with Gasteiger partial charge in [0.15, 0.2) is 5.78 Å². The molecule has 2 aromatic carbocycles. The van der Waals surface area contributed by atoms with Crippen LogP contribution in [-0.4, -0.2) is 45.0 Å². The molecule has 1 atom stereocenters. The third kappa shape index (κ3) is 3.42. The smallest absolute Gasteiger partial charge is 0.161 e. The topological polar surface area (TPSA) is 32.8 Å². The van der Waals surface area contributed by atoms with Crippen molar-refractivity contribution < 1.29 is 9.53 Å². The molecule has 0 radical (unpaired) electrons. The maximum atomic E-state index is 13.2. The van der Waals surface area contributed by atoms with Gasteiger partial charge in [0.05, 0.1) is 17.2 Å². The Labute approximate surface area is 170 Å². The quantitative estimate of drug-likeness (QED) is 0.735. The highest BCUT2D eigenvalue weighted by atomic mass is 35.5. The molecule has 0 saturated carbocycles. The van der Waals surface area contributed by atoms with E-state index < -0.39 is 5.54 Å². The molecular formula is C21H24Cl2N2O2. The summed E-state index contributed by atoms with van der Waals surface area (Å²) in [6, 6.07) is 11.5. The average molecular weight is 407 g/mol. The van der Waals surface area contributed by atoms with Crippen molar-refractivity contribution in [3.8, 4) is 5.75 Å². The number of ether oxygens (including phenoxy) is 1. The summed E-state index contributed by atoms with van der Waals surface area (Å²) in [5, 5.41) is 0.980. The Morgan fingerprint density at radius 3 is 2.56 bits per heavy atom. The standard InChI is InChI=1S/C21H24Cl2N2O2/c1-14(26)21(13-24(2)3)17-6-5-7-20(27-4)16(17)10-11-25(21)15-8-9-18(22)19(23)12-15/h5-9,12H,10-11,13H2,1-4H3. The summed E-state index contributed by atoms with van der Waals surface area (Å²) in [7, 11) is 5.63. The normalized spacial score (nSPS) is 19.1. The molecule has 0 N–H and O–H groups in total. The maximum absolute atomic E-state index is 13.2. The molecule has 0 aromatic heterocycles. The van der Waals surface area contributed by atoms with Gasteiger partial charge >= 0.3 is 0 Å². The van der Waals surface area contributed by atoms with E-state index in [-0.39, 0.29) is 5.78 Å². The summed E-state index contributed by atoms with van der Waals surface area (Å²) in [6.07, 6.45) is 0.780. The molecule has 1 unspecified atom stereocenters. The van der Waals surface area contributed by atoms with Gasteiger partial charge in [-0.05, 0) is 57.3 Å². The fourth-order valence-corrected chi connectivity index (χ4v) is 4.38. The van der Waals surface area contributed by atoms with E-state index in [1.165, 1.54) is 0 Å². The van der Waals surface area contributed by atoms with E-state index in [0.717, 1.165) is 29.0 Å². The summed E-state index contributed by atoms with van der Waals surface area (Å²) in [5.74, 6) is 0.905. The lowest BCUT2D eigenvalue weighted by Crippen LogP contribution is -2.60. The zero-order valence-corrected chi connectivity index (χ0v) is 17.6. The molecule has 6 heteroatoms. The number of carbonyl (C=O) groups is 1. The summed E-state index contributed by atoms with van der Waals surface area (Å²) in [6.45, 7) is 2.88. The van der Waals surface area contributed by atoms with E-state index in [1.807, 2.05) is 49.3 Å². The molecule has 3 rings (SSSR count). The van der Waals surface area contributed by atoms with Gasteiger partial charge in [0.1, 0.15) is 11.3 Å². The number of likely N-dealkylation sites (N-methyl/N-ethyl adjacent to an activating group) is 1. The first-order chi connectivity index (χ1) is 12.8. The molecule has 1 heterocycles. The first-order valence-electron chi connectivity index (χ1n) is 8.86. The van der Waals surface area contributed by atoms with E-state index in [4.69, 9.17) is 27.9 Å². The van der Waals surface area contributed by atoms with E-state index in [2.05, 4.69) is 4.90 Å². The fraction of sp³-hybridized carbons (Fsp3) is 0.381. The summed E-state index contributed by atoms with van der Waals surface area (Å²) in [4.78, 5) is 17.4. The van der Waals surface area contributed by atoms with Crippen LogP contribution in [0.1, 0.15) is 18.1 Å². The lowest BCUT2D eigenvalue weighted by molar-refractivity contribution is -0.123. The average Bonchev–Trinajstić information content (AvgIpc) is 2.63. The molecule has 0 fully saturated rings. The van der Waals surface area contributed by atoms with Crippen LogP contribution in [0.4, 0.5) is 5.69 Å². The van der Waals surface area contributed by atoms with Crippen molar-refractivity contribution >= 4 is 34.7 Å². The fourth-order valence-electron chi connectivity index (χ4n) is 4.08. The Hall–Kier alpha value is -1.75. The van der Waals surface area contributed by atoms with Crippen LogP contribution in [0.25, 0.3) is 0 Å². The number of benzene rings is 2. The number of anilines is 1. The number of hydrogen-bond acceptors (Lipinski definition) is 4. The van der Waals surface area contributed by atoms with Gasteiger partial charge < -0.3 is 14.5 Å². The SMILES string of the molecule is COc1cccc2c1CCN(c1ccc(Cl)c(Cl)c1)C2(CN(C)C)C(C)=O. The van der Waals surface area contributed by atoms with Crippen LogP contribution in [0.2, 0.25) is 10.0 Å². The third-order valence-corrected chi connectivity index (χ3v) is 5.93. The number of ketones is 1. The number of fused-ring (bicyclic) bond motifs is 1. The highest BCUT2D eigenvalue weighted by Gasteiger charge is 2.48. The maximum Gasteiger partial charge on any atom is 0.161 e. The van der Waals surface area contributed by atoms with Crippen LogP contribution in [0, 0.1) is 0 Å².